The number of hydrogen-bond acceptors (Lipinski definition) is 6. The largest absolute Gasteiger partial charge is 0.492 e. The summed E-state index contributed by atoms with van der Waals surface area (Å²) in [7, 11) is 3.78. The van der Waals surface area contributed by atoms with Crippen LogP contribution >= 0.6 is 0 Å². The summed E-state index contributed by atoms with van der Waals surface area (Å²) in [5, 5.41) is 1.19. The standard InChI is InChI=1S/C31H35NO5/c1-31(2,3)22-17-25-21(20-9-6-7-11-24(20)37-25)16-26(22)34-14-8-10-23-28-19(12-13-32(23)4)15-27-29(30(28)33-5)36-18-35-27/h15-17,23H,6-7,9,11-14,18H2,1-5H3/t23-/m0/s1. The van der Waals surface area contributed by atoms with Crippen LogP contribution in [0.3, 0.4) is 0 Å². The summed E-state index contributed by atoms with van der Waals surface area (Å²) in [6.07, 6.45) is 5.42. The molecule has 6 heteroatoms. The Hall–Kier alpha value is -3.30. The van der Waals surface area contributed by atoms with Gasteiger partial charge in [0.1, 0.15) is 29.7 Å². The number of nitrogens with zero attached hydrogens (tertiary/aromatic N) is 1. The fourth-order valence-corrected chi connectivity index (χ4v) is 5.86. The first-order valence-corrected chi connectivity index (χ1v) is 13.2. The lowest BCUT2D eigenvalue weighted by atomic mass is 9.85. The molecule has 0 N–H and O–H groups in total. The molecule has 0 amide bonds. The van der Waals surface area contributed by atoms with E-state index < -0.39 is 0 Å². The van der Waals surface area contributed by atoms with Gasteiger partial charge in [0.2, 0.25) is 12.5 Å². The molecule has 37 heavy (non-hydrogen) atoms. The van der Waals surface area contributed by atoms with Gasteiger partial charge < -0.3 is 23.4 Å². The van der Waals surface area contributed by atoms with Gasteiger partial charge in [-0.15, -0.1) is 0 Å². The predicted octanol–water partition coefficient (Wildman–Crippen LogP) is 5.96. The Morgan fingerprint density at radius 1 is 1.08 bits per heavy atom. The summed E-state index contributed by atoms with van der Waals surface area (Å²) in [4.78, 5) is 2.25. The van der Waals surface area contributed by atoms with E-state index in [-0.39, 0.29) is 18.2 Å². The fraction of sp³-hybridized carbons (Fsp3) is 0.484. The summed E-state index contributed by atoms with van der Waals surface area (Å²) in [6, 6.07) is 6.32. The molecular formula is C31H35NO5. The number of aryl methyl sites for hydroxylation is 2. The minimum atomic E-state index is -0.109. The lowest BCUT2D eigenvalue weighted by Gasteiger charge is -2.32. The lowest BCUT2D eigenvalue weighted by Crippen LogP contribution is -2.31. The molecule has 6 nitrogen and oxygen atoms in total. The summed E-state index contributed by atoms with van der Waals surface area (Å²) in [5.41, 5.74) is 5.65. The SMILES string of the molecule is COc1c2c(cc3c1[C@H](C#CCOc1cc4c5c(oc4cc1C(C)(C)C)CCCC5)N(C)CC3)OCO2. The minimum absolute atomic E-state index is 0.0808. The normalized spacial score (nSPS) is 18.7. The highest BCUT2D eigenvalue weighted by Gasteiger charge is 2.33. The first-order chi connectivity index (χ1) is 17.8. The van der Waals surface area contributed by atoms with Crippen LogP contribution in [-0.4, -0.2) is 39.0 Å². The van der Waals surface area contributed by atoms with Crippen molar-refractivity contribution in [1.29, 1.82) is 0 Å². The van der Waals surface area contributed by atoms with Gasteiger partial charge in [0, 0.05) is 35.0 Å². The Kier molecular flexibility index (Phi) is 6.00. The zero-order chi connectivity index (χ0) is 25.7. The molecule has 3 heterocycles. The number of methoxy groups -OCH3 is 1. The Labute approximate surface area is 218 Å². The van der Waals surface area contributed by atoms with Gasteiger partial charge in [-0.25, -0.2) is 0 Å². The molecule has 2 aliphatic heterocycles. The second-order valence-corrected chi connectivity index (χ2v) is 11.3. The van der Waals surface area contributed by atoms with Gasteiger partial charge in [0.25, 0.3) is 0 Å². The molecule has 3 aliphatic rings. The second kappa shape index (κ2) is 9.22. The van der Waals surface area contributed by atoms with Crippen LogP contribution in [0, 0.1) is 11.8 Å². The van der Waals surface area contributed by atoms with E-state index in [1.807, 2.05) is 0 Å². The highest BCUT2D eigenvalue weighted by atomic mass is 16.7. The summed E-state index contributed by atoms with van der Waals surface area (Å²) >= 11 is 0. The molecule has 0 bridgehead atoms. The van der Waals surface area contributed by atoms with Crippen molar-refractivity contribution in [2.24, 2.45) is 0 Å². The molecule has 2 aromatic carbocycles. The molecule has 1 atom stereocenters. The second-order valence-electron chi connectivity index (χ2n) is 11.3. The molecule has 0 unspecified atom stereocenters. The Balaban J connectivity index is 1.31. The fourth-order valence-electron chi connectivity index (χ4n) is 5.86. The highest BCUT2D eigenvalue weighted by Crippen LogP contribution is 2.49. The van der Waals surface area contributed by atoms with Crippen LogP contribution in [0.5, 0.6) is 23.0 Å². The van der Waals surface area contributed by atoms with Gasteiger partial charge in [-0.3, -0.25) is 4.90 Å². The summed E-state index contributed by atoms with van der Waals surface area (Å²) in [5.74, 6) is 11.0. The molecule has 1 aliphatic carbocycles. The number of likely N-dealkylation sites (N-methyl/N-ethyl adjacent to an activating group) is 1. The summed E-state index contributed by atoms with van der Waals surface area (Å²) in [6.45, 7) is 8.06. The van der Waals surface area contributed by atoms with E-state index >= 15 is 0 Å². The van der Waals surface area contributed by atoms with E-state index in [1.165, 1.54) is 29.4 Å². The maximum absolute atomic E-state index is 6.37. The molecule has 0 saturated heterocycles. The van der Waals surface area contributed by atoms with Crippen molar-refractivity contribution in [3.8, 4) is 34.8 Å². The quantitative estimate of drug-likeness (QED) is 0.413. The smallest absolute Gasteiger partial charge is 0.231 e. The molecule has 6 rings (SSSR count). The number of ether oxygens (including phenoxy) is 4. The molecule has 0 radical (unpaired) electrons. The third kappa shape index (κ3) is 4.20. The number of furan rings is 1. The van der Waals surface area contributed by atoms with E-state index in [4.69, 9.17) is 23.4 Å². The van der Waals surface area contributed by atoms with Crippen LogP contribution in [0.4, 0.5) is 0 Å². The van der Waals surface area contributed by atoms with Crippen LogP contribution in [0.25, 0.3) is 11.0 Å². The van der Waals surface area contributed by atoms with Crippen LogP contribution in [0.1, 0.15) is 67.7 Å². The predicted molar refractivity (Wildman–Crippen MR) is 143 cm³/mol. The first-order valence-electron chi connectivity index (χ1n) is 13.2. The van der Waals surface area contributed by atoms with Crippen LogP contribution < -0.4 is 18.9 Å². The average molecular weight is 502 g/mol. The van der Waals surface area contributed by atoms with E-state index in [2.05, 4.69) is 62.8 Å². The third-order valence-electron chi connectivity index (χ3n) is 7.80. The van der Waals surface area contributed by atoms with Gasteiger partial charge in [-0.1, -0.05) is 32.6 Å². The first kappa shape index (κ1) is 24.1. The molecule has 0 spiro atoms. The van der Waals surface area contributed by atoms with Crippen molar-refractivity contribution in [2.45, 2.75) is 64.3 Å². The zero-order valence-corrected chi connectivity index (χ0v) is 22.5. The van der Waals surface area contributed by atoms with Gasteiger partial charge in [-0.2, -0.15) is 0 Å². The molecule has 194 valence electrons. The van der Waals surface area contributed by atoms with Crippen molar-refractivity contribution in [2.75, 3.05) is 34.1 Å². The molecule has 3 aromatic rings. The van der Waals surface area contributed by atoms with Crippen molar-refractivity contribution in [1.82, 2.24) is 4.90 Å². The highest BCUT2D eigenvalue weighted by molar-refractivity contribution is 5.85. The number of fused-ring (bicyclic) bond motifs is 5. The molecule has 0 saturated carbocycles. The number of rotatable bonds is 3. The van der Waals surface area contributed by atoms with E-state index in [9.17, 15) is 0 Å². The summed E-state index contributed by atoms with van der Waals surface area (Å²) < 4.78 is 29.8. The minimum Gasteiger partial charge on any atom is -0.492 e. The van der Waals surface area contributed by atoms with Crippen LogP contribution in [0.15, 0.2) is 22.6 Å². The molecular weight excluding hydrogens is 466 g/mol. The van der Waals surface area contributed by atoms with Gasteiger partial charge in [0.05, 0.1) is 7.11 Å². The topological polar surface area (TPSA) is 53.3 Å². The van der Waals surface area contributed by atoms with Crippen molar-refractivity contribution in [3.63, 3.8) is 0 Å². The average Bonchev–Trinajstić information content (AvgIpc) is 3.49. The van der Waals surface area contributed by atoms with E-state index in [0.717, 1.165) is 65.5 Å². The van der Waals surface area contributed by atoms with Crippen molar-refractivity contribution >= 4 is 11.0 Å². The Bertz CT molecular complexity index is 1420. The van der Waals surface area contributed by atoms with Crippen molar-refractivity contribution in [3.05, 3.63) is 46.2 Å². The maximum Gasteiger partial charge on any atom is 0.231 e. The third-order valence-corrected chi connectivity index (χ3v) is 7.80. The van der Waals surface area contributed by atoms with Crippen molar-refractivity contribution < 1.29 is 23.4 Å². The molecule has 1 aromatic heterocycles. The monoisotopic (exact) mass is 501 g/mol. The maximum atomic E-state index is 6.37. The van der Waals surface area contributed by atoms with Crippen LogP contribution in [-0.2, 0) is 24.7 Å². The lowest BCUT2D eigenvalue weighted by molar-refractivity contribution is 0.171. The Morgan fingerprint density at radius 2 is 1.92 bits per heavy atom. The number of benzene rings is 2. The number of hydrogen-bond donors (Lipinski definition) is 0. The van der Waals surface area contributed by atoms with E-state index in [1.54, 1.807) is 7.11 Å². The zero-order valence-electron chi connectivity index (χ0n) is 22.5. The Morgan fingerprint density at radius 3 is 2.73 bits per heavy atom. The molecule has 0 fully saturated rings. The van der Waals surface area contributed by atoms with E-state index in [0.29, 0.717) is 12.4 Å². The van der Waals surface area contributed by atoms with Gasteiger partial charge >= 0.3 is 0 Å². The van der Waals surface area contributed by atoms with Crippen LogP contribution in [0.2, 0.25) is 0 Å². The van der Waals surface area contributed by atoms with Gasteiger partial charge in [-0.05, 0) is 61.9 Å². The van der Waals surface area contributed by atoms with Gasteiger partial charge in [0.15, 0.2) is 11.5 Å².